The number of hydrogen-bond acceptors (Lipinski definition) is 3. The summed E-state index contributed by atoms with van der Waals surface area (Å²) in [5, 5.41) is 9.12. The van der Waals surface area contributed by atoms with E-state index in [1.165, 1.54) is 0 Å². The Labute approximate surface area is 121 Å². The fraction of sp³-hybridized carbons (Fsp3) is 0.500. The number of halogens is 1. The van der Waals surface area contributed by atoms with Crippen LogP contribution in [0.3, 0.4) is 0 Å². The molecule has 1 aromatic carbocycles. The van der Waals surface area contributed by atoms with Crippen LogP contribution in [0, 0.1) is 0 Å². The van der Waals surface area contributed by atoms with Crippen molar-refractivity contribution in [2.45, 2.75) is 31.7 Å². The van der Waals surface area contributed by atoms with Crippen molar-refractivity contribution in [2.24, 2.45) is 0 Å². The van der Waals surface area contributed by atoms with E-state index in [1.807, 2.05) is 4.90 Å². The van der Waals surface area contributed by atoms with Gasteiger partial charge in [0.25, 0.3) is 5.91 Å². The maximum atomic E-state index is 12.6. The zero-order valence-electron chi connectivity index (χ0n) is 10.8. The molecule has 104 valence electrons. The van der Waals surface area contributed by atoms with Crippen LogP contribution in [0.5, 0.6) is 0 Å². The minimum atomic E-state index is -0.00248. The Balaban J connectivity index is 2.23. The summed E-state index contributed by atoms with van der Waals surface area (Å²) >= 11 is 3.40. The van der Waals surface area contributed by atoms with Gasteiger partial charge in [-0.05, 0) is 59.8 Å². The van der Waals surface area contributed by atoms with Gasteiger partial charge in [0.1, 0.15) is 0 Å². The van der Waals surface area contributed by atoms with E-state index in [0.717, 1.165) is 30.3 Å². The van der Waals surface area contributed by atoms with Gasteiger partial charge in [0.05, 0.1) is 5.56 Å². The Morgan fingerprint density at radius 3 is 3.00 bits per heavy atom. The van der Waals surface area contributed by atoms with Crippen LogP contribution in [0.1, 0.15) is 36.0 Å². The molecular weight excluding hydrogens is 308 g/mol. The first-order valence-electron chi connectivity index (χ1n) is 6.60. The first-order chi connectivity index (χ1) is 9.13. The van der Waals surface area contributed by atoms with Gasteiger partial charge in [-0.15, -0.1) is 0 Å². The quantitative estimate of drug-likeness (QED) is 0.838. The lowest BCUT2D eigenvalue weighted by atomic mass is 9.98. The number of anilines is 1. The van der Waals surface area contributed by atoms with Crippen molar-refractivity contribution < 1.29 is 9.90 Å². The standard InChI is InChI=1S/C14H19BrN2O2/c15-13-5-4-10(16)9-12(13)14(19)17-7-2-1-3-11(17)6-8-18/h4-5,9,11,18H,1-3,6-8,16H2. The van der Waals surface area contributed by atoms with E-state index in [9.17, 15) is 4.79 Å². The van der Waals surface area contributed by atoms with E-state index >= 15 is 0 Å². The first kappa shape index (κ1) is 14.3. The maximum absolute atomic E-state index is 12.6. The average molecular weight is 327 g/mol. The molecular formula is C14H19BrN2O2. The van der Waals surface area contributed by atoms with Crippen molar-refractivity contribution in [3.05, 3.63) is 28.2 Å². The lowest BCUT2D eigenvalue weighted by molar-refractivity contribution is 0.0574. The van der Waals surface area contributed by atoms with Crippen molar-refractivity contribution in [3.8, 4) is 0 Å². The minimum Gasteiger partial charge on any atom is -0.399 e. The minimum absolute atomic E-state index is 0.00248. The number of amides is 1. The molecule has 2 rings (SSSR count). The van der Waals surface area contributed by atoms with E-state index < -0.39 is 0 Å². The third-order valence-corrected chi connectivity index (χ3v) is 4.26. The molecule has 5 heteroatoms. The molecule has 0 aliphatic carbocycles. The molecule has 1 aromatic rings. The molecule has 1 aliphatic rings. The molecule has 3 N–H and O–H groups in total. The Kier molecular flexibility index (Phi) is 4.82. The molecule has 19 heavy (non-hydrogen) atoms. The Hall–Kier alpha value is -1.07. The van der Waals surface area contributed by atoms with Gasteiger partial charge in [0.2, 0.25) is 0 Å². The highest BCUT2D eigenvalue weighted by Crippen LogP contribution is 2.26. The summed E-state index contributed by atoms with van der Waals surface area (Å²) in [6.07, 6.45) is 3.75. The van der Waals surface area contributed by atoms with Crippen molar-refractivity contribution in [2.75, 3.05) is 18.9 Å². The Morgan fingerprint density at radius 1 is 1.47 bits per heavy atom. The normalized spacial score (nSPS) is 19.5. The van der Waals surface area contributed by atoms with E-state index in [1.54, 1.807) is 18.2 Å². The van der Waals surface area contributed by atoms with Crippen LogP contribution >= 0.6 is 15.9 Å². The Morgan fingerprint density at radius 2 is 2.26 bits per heavy atom. The fourth-order valence-corrected chi connectivity index (χ4v) is 2.99. The molecule has 0 radical (unpaired) electrons. The number of nitrogens with zero attached hydrogens (tertiary/aromatic N) is 1. The molecule has 0 bridgehead atoms. The third-order valence-electron chi connectivity index (χ3n) is 3.57. The van der Waals surface area contributed by atoms with E-state index in [4.69, 9.17) is 10.8 Å². The number of likely N-dealkylation sites (tertiary alicyclic amines) is 1. The predicted molar refractivity (Wildman–Crippen MR) is 78.9 cm³/mol. The summed E-state index contributed by atoms with van der Waals surface area (Å²) in [5.41, 5.74) is 6.94. The lowest BCUT2D eigenvalue weighted by Gasteiger charge is -2.35. The second kappa shape index (κ2) is 6.39. The first-order valence-corrected chi connectivity index (χ1v) is 7.39. The molecule has 1 aliphatic heterocycles. The largest absolute Gasteiger partial charge is 0.399 e. The summed E-state index contributed by atoms with van der Waals surface area (Å²) in [4.78, 5) is 14.5. The molecule has 0 spiro atoms. The lowest BCUT2D eigenvalue weighted by Crippen LogP contribution is -2.44. The van der Waals surface area contributed by atoms with Crippen molar-refractivity contribution in [1.82, 2.24) is 4.90 Å². The van der Waals surface area contributed by atoms with Crippen LogP contribution in [0.25, 0.3) is 0 Å². The highest BCUT2D eigenvalue weighted by Gasteiger charge is 2.28. The number of hydrogen-bond donors (Lipinski definition) is 2. The van der Waals surface area contributed by atoms with Gasteiger partial charge in [-0.25, -0.2) is 0 Å². The third kappa shape index (κ3) is 3.28. The second-order valence-corrected chi connectivity index (χ2v) is 5.75. The molecule has 4 nitrogen and oxygen atoms in total. The van der Waals surface area contributed by atoms with Gasteiger partial charge in [-0.3, -0.25) is 4.79 Å². The van der Waals surface area contributed by atoms with Crippen LogP contribution in [0.2, 0.25) is 0 Å². The predicted octanol–water partition coefficient (Wildman–Crippen LogP) is 2.41. The molecule has 0 saturated carbocycles. The van der Waals surface area contributed by atoms with Crippen LogP contribution in [0.15, 0.2) is 22.7 Å². The molecule has 1 heterocycles. The van der Waals surface area contributed by atoms with Crippen molar-refractivity contribution in [1.29, 1.82) is 0 Å². The number of nitrogen functional groups attached to an aromatic ring is 1. The number of rotatable bonds is 3. The smallest absolute Gasteiger partial charge is 0.255 e. The summed E-state index contributed by atoms with van der Waals surface area (Å²) in [7, 11) is 0. The Bertz CT molecular complexity index is 463. The zero-order chi connectivity index (χ0) is 13.8. The number of aliphatic hydroxyl groups is 1. The molecule has 1 amide bonds. The van der Waals surface area contributed by atoms with E-state index in [0.29, 0.717) is 17.7 Å². The highest BCUT2D eigenvalue weighted by molar-refractivity contribution is 9.10. The van der Waals surface area contributed by atoms with Gasteiger partial charge in [-0.2, -0.15) is 0 Å². The summed E-state index contributed by atoms with van der Waals surface area (Å²) in [6, 6.07) is 5.41. The molecule has 1 fully saturated rings. The number of piperidine rings is 1. The molecule has 1 unspecified atom stereocenters. The van der Waals surface area contributed by atoms with Crippen LogP contribution in [-0.4, -0.2) is 35.1 Å². The average Bonchev–Trinajstić information content (AvgIpc) is 2.42. The van der Waals surface area contributed by atoms with Gasteiger partial charge < -0.3 is 15.7 Å². The van der Waals surface area contributed by atoms with Crippen LogP contribution < -0.4 is 5.73 Å². The van der Waals surface area contributed by atoms with Gasteiger partial charge >= 0.3 is 0 Å². The maximum Gasteiger partial charge on any atom is 0.255 e. The topological polar surface area (TPSA) is 66.6 Å². The van der Waals surface area contributed by atoms with Crippen LogP contribution in [0.4, 0.5) is 5.69 Å². The number of nitrogens with two attached hydrogens (primary N) is 1. The summed E-state index contributed by atoms with van der Waals surface area (Å²) < 4.78 is 0.764. The number of aliphatic hydroxyl groups excluding tert-OH is 1. The van der Waals surface area contributed by atoms with Gasteiger partial charge in [0, 0.05) is 29.4 Å². The summed E-state index contributed by atoms with van der Waals surface area (Å²) in [5.74, 6) is -0.00248. The van der Waals surface area contributed by atoms with Gasteiger partial charge in [-0.1, -0.05) is 0 Å². The van der Waals surface area contributed by atoms with Gasteiger partial charge in [0.15, 0.2) is 0 Å². The van der Waals surface area contributed by atoms with E-state index in [2.05, 4.69) is 15.9 Å². The molecule has 0 aromatic heterocycles. The molecule has 1 atom stereocenters. The fourth-order valence-electron chi connectivity index (χ4n) is 2.58. The van der Waals surface area contributed by atoms with Crippen molar-refractivity contribution >= 4 is 27.5 Å². The monoisotopic (exact) mass is 326 g/mol. The number of carbonyl (C=O) groups is 1. The molecule has 1 saturated heterocycles. The van der Waals surface area contributed by atoms with E-state index in [-0.39, 0.29) is 18.6 Å². The number of benzene rings is 1. The second-order valence-electron chi connectivity index (χ2n) is 4.90. The van der Waals surface area contributed by atoms with Crippen molar-refractivity contribution in [3.63, 3.8) is 0 Å². The summed E-state index contributed by atoms with van der Waals surface area (Å²) in [6.45, 7) is 0.872. The number of carbonyl (C=O) groups excluding carboxylic acids is 1. The SMILES string of the molecule is Nc1ccc(Br)c(C(=O)N2CCCCC2CCO)c1. The zero-order valence-corrected chi connectivity index (χ0v) is 12.4. The van der Waals surface area contributed by atoms with Crippen LogP contribution in [-0.2, 0) is 0 Å². The highest BCUT2D eigenvalue weighted by atomic mass is 79.9.